The smallest absolute Gasteiger partial charge is 0.410 e. The highest BCUT2D eigenvalue weighted by Crippen LogP contribution is 2.23. The zero-order valence-electron chi connectivity index (χ0n) is 9.95. The SMILES string of the molecule is COC(=O)N1C[C@@H](S(=O)O)C[C@H]1C(=O)N(C)C. The summed E-state index contributed by atoms with van der Waals surface area (Å²) in [7, 11) is 4.35. The predicted octanol–water partition coefficient (Wildman–Crippen LogP) is -0.494. The second-order valence-electron chi connectivity index (χ2n) is 4.00. The molecular formula is C9H16N2O5S. The Kier molecular flexibility index (Phi) is 4.47. The average molecular weight is 264 g/mol. The summed E-state index contributed by atoms with van der Waals surface area (Å²) in [5.74, 6) is -0.275. The zero-order valence-corrected chi connectivity index (χ0v) is 10.8. The minimum Gasteiger partial charge on any atom is -0.453 e. The number of likely N-dealkylation sites (N-methyl/N-ethyl adjacent to an activating group) is 1. The maximum Gasteiger partial charge on any atom is 0.410 e. The molecule has 1 aliphatic heterocycles. The number of hydrogen-bond acceptors (Lipinski definition) is 4. The van der Waals surface area contributed by atoms with E-state index in [1.807, 2.05) is 0 Å². The summed E-state index contributed by atoms with van der Waals surface area (Å²) in [5.41, 5.74) is 0. The highest BCUT2D eigenvalue weighted by atomic mass is 32.2. The zero-order chi connectivity index (χ0) is 13.2. The van der Waals surface area contributed by atoms with Crippen molar-refractivity contribution < 1.29 is 23.1 Å². The normalized spacial score (nSPS) is 25.5. The fourth-order valence-corrected chi connectivity index (χ4v) is 2.43. The van der Waals surface area contributed by atoms with Gasteiger partial charge >= 0.3 is 6.09 Å². The summed E-state index contributed by atoms with van der Waals surface area (Å²) in [5, 5.41) is -0.608. The van der Waals surface area contributed by atoms with Crippen LogP contribution in [0.15, 0.2) is 0 Å². The quantitative estimate of drug-likeness (QED) is 0.680. The van der Waals surface area contributed by atoms with Gasteiger partial charge in [-0.1, -0.05) is 0 Å². The van der Waals surface area contributed by atoms with E-state index in [9.17, 15) is 13.8 Å². The largest absolute Gasteiger partial charge is 0.453 e. The first kappa shape index (κ1) is 13.9. The van der Waals surface area contributed by atoms with Crippen LogP contribution in [0.25, 0.3) is 0 Å². The van der Waals surface area contributed by atoms with Crippen molar-refractivity contribution in [2.75, 3.05) is 27.7 Å². The van der Waals surface area contributed by atoms with Gasteiger partial charge in [0, 0.05) is 20.6 Å². The van der Waals surface area contributed by atoms with Gasteiger partial charge in [-0.2, -0.15) is 0 Å². The lowest BCUT2D eigenvalue weighted by Crippen LogP contribution is -2.45. The summed E-state index contributed by atoms with van der Waals surface area (Å²) in [4.78, 5) is 25.9. The molecule has 1 saturated heterocycles. The summed E-state index contributed by atoms with van der Waals surface area (Å²) in [6.07, 6.45) is -0.479. The minimum absolute atomic E-state index is 0.0556. The predicted molar refractivity (Wildman–Crippen MR) is 60.8 cm³/mol. The van der Waals surface area contributed by atoms with Gasteiger partial charge in [0.25, 0.3) is 0 Å². The van der Waals surface area contributed by atoms with E-state index in [1.165, 1.54) is 16.9 Å². The summed E-state index contributed by atoms with van der Waals surface area (Å²) in [6, 6.07) is -0.724. The van der Waals surface area contributed by atoms with Crippen LogP contribution in [0.4, 0.5) is 4.79 Å². The Morgan fingerprint density at radius 2 is 2.06 bits per heavy atom. The van der Waals surface area contributed by atoms with Crippen molar-refractivity contribution in [3.05, 3.63) is 0 Å². The Balaban J connectivity index is 2.88. The van der Waals surface area contributed by atoms with Gasteiger partial charge in [0.1, 0.15) is 6.04 Å². The Morgan fingerprint density at radius 1 is 1.47 bits per heavy atom. The second kappa shape index (κ2) is 5.46. The number of hydrogen-bond donors (Lipinski definition) is 1. The molecule has 1 fully saturated rings. The first-order valence-electron chi connectivity index (χ1n) is 5.04. The molecule has 0 saturated carbocycles. The van der Waals surface area contributed by atoms with Crippen molar-refractivity contribution in [1.29, 1.82) is 0 Å². The van der Waals surface area contributed by atoms with Gasteiger partial charge in [-0.25, -0.2) is 9.00 Å². The first-order valence-corrected chi connectivity index (χ1v) is 6.20. The molecule has 3 atom stereocenters. The van der Waals surface area contributed by atoms with E-state index >= 15 is 0 Å². The van der Waals surface area contributed by atoms with E-state index in [0.717, 1.165) is 0 Å². The first-order chi connectivity index (χ1) is 7.88. The van der Waals surface area contributed by atoms with Crippen molar-refractivity contribution in [3.8, 4) is 0 Å². The van der Waals surface area contributed by atoms with Gasteiger partial charge in [-0.3, -0.25) is 9.69 Å². The summed E-state index contributed by atoms with van der Waals surface area (Å²) >= 11 is -2.05. The van der Waals surface area contributed by atoms with Gasteiger partial charge < -0.3 is 14.2 Å². The van der Waals surface area contributed by atoms with Crippen LogP contribution in [0.1, 0.15) is 6.42 Å². The van der Waals surface area contributed by atoms with E-state index in [2.05, 4.69) is 4.74 Å². The molecule has 0 aromatic heterocycles. The van der Waals surface area contributed by atoms with Crippen LogP contribution < -0.4 is 0 Å². The van der Waals surface area contributed by atoms with E-state index in [-0.39, 0.29) is 18.9 Å². The van der Waals surface area contributed by atoms with Crippen LogP contribution in [0.2, 0.25) is 0 Å². The number of carbonyl (C=O) groups excluding carboxylic acids is 2. The highest BCUT2D eigenvalue weighted by Gasteiger charge is 2.43. The lowest BCUT2D eigenvalue weighted by Gasteiger charge is -2.24. The summed E-state index contributed by atoms with van der Waals surface area (Å²) < 4.78 is 24.6. The average Bonchev–Trinajstić information content (AvgIpc) is 2.71. The van der Waals surface area contributed by atoms with Gasteiger partial charge in [0.15, 0.2) is 11.1 Å². The molecule has 2 amide bonds. The number of ether oxygens (including phenoxy) is 1. The second-order valence-corrected chi connectivity index (χ2v) is 5.22. The molecule has 0 bridgehead atoms. The summed E-state index contributed by atoms with van der Waals surface area (Å²) in [6.45, 7) is 0.0556. The van der Waals surface area contributed by atoms with Crippen molar-refractivity contribution in [1.82, 2.24) is 9.80 Å². The molecule has 8 heteroatoms. The molecule has 7 nitrogen and oxygen atoms in total. The molecule has 1 rings (SSSR count). The maximum absolute atomic E-state index is 11.8. The Hall–Kier alpha value is -1.15. The standard InChI is InChI=1S/C9H16N2O5S/c1-10(2)8(12)7-4-6(17(14)15)5-11(7)9(13)16-3/h6-7H,4-5H2,1-3H3,(H,14,15)/t6-,7-/m0/s1. The van der Waals surface area contributed by atoms with Crippen molar-refractivity contribution in [3.63, 3.8) is 0 Å². The number of likely N-dealkylation sites (tertiary alicyclic amines) is 1. The Morgan fingerprint density at radius 3 is 2.47 bits per heavy atom. The third-order valence-electron chi connectivity index (χ3n) is 2.68. The molecule has 17 heavy (non-hydrogen) atoms. The third kappa shape index (κ3) is 2.95. The van der Waals surface area contributed by atoms with Gasteiger partial charge in [-0.15, -0.1) is 0 Å². The number of rotatable bonds is 2. The van der Waals surface area contributed by atoms with E-state index in [1.54, 1.807) is 14.1 Å². The number of methoxy groups -OCH3 is 1. The van der Waals surface area contributed by atoms with E-state index in [0.29, 0.717) is 0 Å². The van der Waals surface area contributed by atoms with Gasteiger partial charge in [0.05, 0.1) is 12.4 Å². The Bertz CT molecular complexity index is 346. The lowest BCUT2D eigenvalue weighted by molar-refractivity contribution is -0.132. The van der Waals surface area contributed by atoms with Gasteiger partial charge in [0.2, 0.25) is 5.91 Å². The number of amides is 2. The molecule has 0 aromatic rings. The van der Waals surface area contributed by atoms with Crippen molar-refractivity contribution >= 4 is 23.1 Å². The molecule has 1 heterocycles. The topological polar surface area (TPSA) is 87.1 Å². The molecule has 0 radical (unpaired) electrons. The van der Waals surface area contributed by atoms with Crippen LogP contribution in [0.3, 0.4) is 0 Å². The Labute approximate surface area is 102 Å². The highest BCUT2D eigenvalue weighted by molar-refractivity contribution is 7.79. The molecule has 1 unspecified atom stereocenters. The van der Waals surface area contributed by atoms with Crippen LogP contribution >= 0.6 is 0 Å². The molecular weight excluding hydrogens is 248 g/mol. The monoisotopic (exact) mass is 264 g/mol. The van der Waals surface area contributed by atoms with E-state index < -0.39 is 28.5 Å². The van der Waals surface area contributed by atoms with Crippen LogP contribution in [0.5, 0.6) is 0 Å². The minimum atomic E-state index is -2.05. The van der Waals surface area contributed by atoms with Crippen LogP contribution in [0, 0.1) is 0 Å². The fourth-order valence-electron chi connectivity index (χ4n) is 1.79. The lowest BCUT2D eigenvalue weighted by atomic mass is 10.2. The van der Waals surface area contributed by atoms with Gasteiger partial charge in [-0.05, 0) is 6.42 Å². The number of nitrogens with zero attached hydrogens (tertiary/aromatic N) is 2. The fraction of sp³-hybridized carbons (Fsp3) is 0.778. The molecule has 0 aliphatic carbocycles. The van der Waals surface area contributed by atoms with Crippen LogP contribution in [-0.2, 0) is 20.6 Å². The van der Waals surface area contributed by atoms with E-state index in [4.69, 9.17) is 4.55 Å². The molecule has 0 aromatic carbocycles. The molecule has 1 N–H and O–H groups in total. The third-order valence-corrected chi connectivity index (χ3v) is 3.59. The van der Waals surface area contributed by atoms with Crippen LogP contribution in [-0.4, -0.2) is 69.6 Å². The van der Waals surface area contributed by atoms with Crippen molar-refractivity contribution in [2.45, 2.75) is 17.7 Å². The molecule has 98 valence electrons. The molecule has 1 aliphatic rings. The van der Waals surface area contributed by atoms with Crippen molar-refractivity contribution in [2.24, 2.45) is 0 Å². The maximum atomic E-state index is 11.8. The number of carbonyl (C=O) groups is 2. The molecule has 0 spiro atoms.